The second kappa shape index (κ2) is 4.31. The maximum atomic E-state index is 13.6. The molecule has 3 aromatic rings. The normalized spacial score (nSPS) is 10.9. The van der Waals surface area contributed by atoms with Gasteiger partial charge in [0, 0.05) is 5.69 Å². The fourth-order valence-corrected chi connectivity index (χ4v) is 1.91. The van der Waals surface area contributed by atoms with Crippen LogP contribution in [0.25, 0.3) is 11.0 Å². The number of anilines is 2. The van der Waals surface area contributed by atoms with E-state index in [1.165, 1.54) is 24.5 Å². The van der Waals surface area contributed by atoms with Crippen LogP contribution in [0.4, 0.5) is 20.3 Å². The summed E-state index contributed by atoms with van der Waals surface area (Å²) < 4.78 is 27.2. The van der Waals surface area contributed by atoms with Crippen molar-refractivity contribution >= 4 is 22.5 Å². The first kappa shape index (κ1) is 11.6. The number of halogens is 2. The van der Waals surface area contributed by atoms with Gasteiger partial charge < -0.3 is 10.3 Å². The zero-order valence-corrected chi connectivity index (χ0v) is 10.0. The molecule has 4 nitrogen and oxygen atoms in total. The lowest BCUT2D eigenvalue weighted by Gasteiger charge is -2.08. The van der Waals surface area contributed by atoms with Crippen molar-refractivity contribution in [1.82, 2.24) is 15.0 Å². The maximum Gasteiger partial charge on any atom is 0.149 e. The topological polar surface area (TPSA) is 53.6 Å². The summed E-state index contributed by atoms with van der Waals surface area (Å²) in [6, 6.07) is 5.50. The van der Waals surface area contributed by atoms with E-state index in [1.807, 2.05) is 13.0 Å². The number of aryl methyl sites for hydroxylation is 1. The number of nitrogens with one attached hydrogen (secondary N) is 2. The number of aromatic amines is 1. The lowest BCUT2D eigenvalue weighted by Crippen LogP contribution is -2.00. The number of benzene rings is 1. The highest BCUT2D eigenvalue weighted by Crippen LogP contribution is 2.26. The van der Waals surface area contributed by atoms with Gasteiger partial charge in [-0.2, -0.15) is 0 Å². The van der Waals surface area contributed by atoms with Gasteiger partial charge in [0.1, 0.15) is 35.1 Å². The predicted octanol–water partition coefficient (Wildman–Crippen LogP) is 3.29. The molecule has 19 heavy (non-hydrogen) atoms. The molecule has 0 saturated carbocycles. The molecular weight excluding hydrogens is 250 g/mol. The molecule has 0 amide bonds. The summed E-state index contributed by atoms with van der Waals surface area (Å²) in [5, 5.41) is 3.36. The van der Waals surface area contributed by atoms with Crippen LogP contribution < -0.4 is 5.32 Å². The first-order chi connectivity index (χ1) is 9.15. The quantitative estimate of drug-likeness (QED) is 0.743. The first-order valence-corrected chi connectivity index (χ1v) is 5.66. The third-order valence-electron chi connectivity index (χ3n) is 2.77. The number of H-pyrrole nitrogens is 1. The summed E-state index contributed by atoms with van der Waals surface area (Å²) in [6.45, 7) is 1.87. The molecular formula is C13H10F2N4. The Kier molecular flexibility index (Phi) is 2.63. The molecule has 0 unspecified atom stereocenters. The zero-order chi connectivity index (χ0) is 13.4. The SMILES string of the molecule is Cc1cc2c(Nc3c(F)cccc3F)ncnc2[nH]1. The lowest BCUT2D eigenvalue weighted by molar-refractivity contribution is 0.590. The monoisotopic (exact) mass is 260 g/mol. The van der Waals surface area contributed by atoms with Crippen molar-refractivity contribution in [3.63, 3.8) is 0 Å². The minimum atomic E-state index is -0.668. The van der Waals surface area contributed by atoms with Crippen LogP contribution in [0.2, 0.25) is 0 Å². The fraction of sp³-hybridized carbons (Fsp3) is 0.0769. The molecule has 0 aliphatic carbocycles. The standard InChI is InChI=1S/C13H10F2N4/c1-7-5-8-12(18-7)16-6-17-13(8)19-11-9(14)3-2-4-10(11)15/h2-6H,1H3,(H2,16,17,18,19). The summed E-state index contributed by atoms with van der Waals surface area (Å²) in [7, 11) is 0. The number of nitrogens with zero attached hydrogens (tertiary/aromatic N) is 2. The number of aromatic nitrogens is 3. The van der Waals surface area contributed by atoms with E-state index in [9.17, 15) is 8.78 Å². The highest BCUT2D eigenvalue weighted by atomic mass is 19.1. The van der Waals surface area contributed by atoms with Gasteiger partial charge in [0.05, 0.1) is 5.39 Å². The van der Waals surface area contributed by atoms with Crippen LogP contribution in [-0.2, 0) is 0 Å². The van der Waals surface area contributed by atoms with Crippen LogP contribution >= 0.6 is 0 Å². The number of rotatable bonds is 2. The van der Waals surface area contributed by atoms with Gasteiger partial charge in [0.15, 0.2) is 0 Å². The Bertz CT molecular complexity index is 731. The van der Waals surface area contributed by atoms with Crippen molar-refractivity contribution in [3.8, 4) is 0 Å². The zero-order valence-electron chi connectivity index (χ0n) is 10.0. The summed E-state index contributed by atoms with van der Waals surface area (Å²) in [5.41, 5.74) is 1.29. The smallest absolute Gasteiger partial charge is 0.149 e. The maximum absolute atomic E-state index is 13.6. The van der Waals surface area contributed by atoms with E-state index in [2.05, 4.69) is 20.3 Å². The van der Waals surface area contributed by atoms with Gasteiger partial charge in [-0.05, 0) is 25.1 Å². The Hall–Kier alpha value is -2.50. The fourth-order valence-electron chi connectivity index (χ4n) is 1.91. The number of fused-ring (bicyclic) bond motifs is 1. The molecule has 96 valence electrons. The molecule has 0 spiro atoms. The molecule has 2 N–H and O–H groups in total. The van der Waals surface area contributed by atoms with Crippen molar-refractivity contribution in [2.75, 3.05) is 5.32 Å². The molecule has 0 atom stereocenters. The molecule has 0 fully saturated rings. The van der Waals surface area contributed by atoms with Gasteiger partial charge in [-0.3, -0.25) is 0 Å². The average Bonchev–Trinajstić information content (AvgIpc) is 2.75. The average molecular weight is 260 g/mol. The highest BCUT2D eigenvalue weighted by molar-refractivity contribution is 5.89. The van der Waals surface area contributed by atoms with Gasteiger partial charge in [-0.25, -0.2) is 18.7 Å². The van der Waals surface area contributed by atoms with Crippen molar-refractivity contribution in [3.05, 3.63) is 47.9 Å². The van der Waals surface area contributed by atoms with Crippen LogP contribution in [0.15, 0.2) is 30.6 Å². The highest BCUT2D eigenvalue weighted by Gasteiger charge is 2.12. The number of para-hydroxylation sites is 1. The second-order valence-electron chi connectivity index (χ2n) is 4.16. The summed E-state index contributed by atoms with van der Waals surface area (Å²) in [5.74, 6) is -0.976. The minimum Gasteiger partial charge on any atom is -0.343 e. The van der Waals surface area contributed by atoms with Crippen molar-refractivity contribution in [1.29, 1.82) is 0 Å². The Labute approximate surface area is 107 Å². The molecule has 2 aromatic heterocycles. The Morgan fingerprint density at radius 3 is 2.63 bits per heavy atom. The van der Waals surface area contributed by atoms with E-state index >= 15 is 0 Å². The van der Waals surface area contributed by atoms with Crippen molar-refractivity contribution in [2.45, 2.75) is 6.92 Å². The Balaban J connectivity index is 2.11. The van der Waals surface area contributed by atoms with Gasteiger partial charge in [0.25, 0.3) is 0 Å². The number of hydrogen-bond acceptors (Lipinski definition) is 3. The summed E-state index contributed by atoms with van der Waals surface area (Å²) in [4.78, 5) is 11.1. The molecule has 1 aromatic carbocycles. The summed E-state index contributed by atoms with van der Waals surface area (Å²) in [6.07, 6.45) is 1.33. The third-order valence-corrected chi connectivity index (χ3v) is 2.77. The molecule has 0 aliphatic heterocycles. The Morgan fingerprint density at radius 2 is 1.89 bits per heavy atom. The predicted molar refractivity (Wildman–Crippen MR) is 68.3 cm³/mol. The second-order valence-corrected chi connectivity index (χ2v) is 4.16. The van der Waals surface area contributed by atoms with Gasteiger partial charge in [-0.1, -0.05) is 6.07 Å². The van der Waals surface area contributed by atoms with E-state index in [0.717, 1.165) is 5.69 Å². The molecule has 6 heteroatoms. The van der Waals surface area contributed by atoms with Gasteiger partial charge in [-0.15, -0.1) is 0 Å². The third kappa shape index (κ3) is 2.01. The van der Waals surface area contributed by atoms with E-state index in [1.54, 1.807) is 0 Å². The largest absolute Gasteiger partial charge is 0.343 e. The van der Waals surface area contributed by atoms with E-state index in [4.69, 9.17) is 0 Å². The van der Waals surface area contributed by atoms with Crippen LogP contribution in [0.5, 0.6) is 0 Å². The molecule has 0 saturated heterocycles. The van der Waals surface area contributed by atoms with E-state index in [0.29, 0.717) is 16.9 Å². The molecule has 0 radical (unpaired) electrons. The van der Waals surface area contributed by atoms with E-state index < -0.39 is 11.6 Å². The first-order valence-electron chi connectivity index (χ1n) is 5.66. The number of hydrogen-bond donors (Lipinski definition) is 2. The van der Waals surface area contributed by atoms with Crippen LogP contribution in [0.3, 0.4) is 0 Å². The van der Waals surface area contributed by atoms with Gasteiger partial charge in [0.2, 0.25) is 0 Å². The Morgan fingerprint density at radius 1 is 1.16 bits per heavy atom. The van der Waals surface area contributed by atoms with E-state index in [-0.39, 0.29) is 5.69 Å². The lowest BCUT2D eigenvalue weighted by atomic mass is 10.2. The van der Waals surface area contributed by atoms with Crippen LogP contribution in [0, 0.1) is 18.6 Å². The van der Waals surface area contributed by atoms with Crippen LogP contribution in [-0.4, -0.2) is 15.0 Å². The summed E-state index contributed by atoms with van der Waals surface area (Å²) >= 11 is 0. The molecule has 0 aliphatic rings. The van der Waals surface area contributed by atoms with Crippen molar-refractivity contribution < 1.29 is 8.78 Å². The minimum absolute atomic E-state index is 0.221. The molecule has 3 rings (SSSR count). The van der Waals surface area contributed by atoms with Crippen molar-refractivity contribution in [2.24, 2.45) is 0 Å². The van der Waals surface area contributed by atoms with Gasteiger partial charge >= 0.3 is 0 Å². The molecule has 2 heterocycles. The molecule has 0 bridgehead atoms. The van der Waals surface area contributed by atoms with Crippen LogP contribution in [0.1, 0.15) is 5.69 Å².